The molecule has 1 aromatic heterocycles. The van der Waals surface area contributed by atoms with Gasteiger partial charge in [0.25, 0.3) is 0 Å². The second-order valence-electron chi connectivity index (χ2n) is 5.60. The predicted octanol–water partition coefficient (Wildman–Crippen LogP) is 1.27. The van der Waals surface area contributed by atoms with E-state index in [4.69, 9.17) is 0 Å². The van der Waals surface area contributed by atoms with Crippen LogP contribution in [0.5, 0.6) is 0 Å². The van der Waals surface area contributed by atoms with Crippen LogP contribution in [0, 0.1) is 0 Å². The molecule has 1 aliphatic heterocycles. The van der Waals surface area contributed by atoms with Gasteiger partial charge in [-0.15, -0.1) is 10.2 Å². The number of tetrazole rings is 1. The third kappa shape index (κ3) is 3.66. The van der Waals surface area contributed by atoms with Crippen molar-refractivity contribution >= 4 is 0 Å². The summed E-state index contributed by atoms with van der Waals surface area (Å²) in [6, 6.07) is 8.03. The number of nitrogens with zero attached hydrogens (tertiary/aromatic N) is 5. The largest absolute Gasteiger partial charge is 0.393 e. The lowest BCUT2D eigenvalue weighted by molar-refractivity contribution is 0.0792. The number of aliphatic hydroxyl groups is 1. The van der Waals surface area contributed by atoms with Crippen LogP contribution in [0.3, 0.4) is 0 Å². The van der Waals surface area contributed by atoms with Gasteiger partial charge in [0.1, 0.15) is 6.67 Å². The van der Waals surface area contributed by atoms with E-state index in [1.54, 1.807) is 0 Å². The van der Waals surface area contributed by atoms with E-state index in [1.807, 2.05) is 12.1 Å². The van der Waals surface area contributed by atoms with Crippen molar-refractivity contribution in [2.24, 2.45) is 0 Å². The van der Waals surface area contributed by atoms with E-state index in [9.17, 15) is 9.50 Å². The Hall–Kier alpha value is -1.86. The Balaban J connectivity index is 1.62. The maximum absolute atomic E-state index is 12.2. The summed E-state index contributed by atoms with van der Waals surface area (Å²) in [5.74, 6) is 0.515. The molecular weight excluding hydrogens is 285 g/mol. The zero-order valence-electron chi connectivity index (χ0n) is 12.4. The summed E-state index contributed by atoms with van der Waals surface area (Å²) in [6.45, 7) is 2.38. The second-order valence-corrected chi connectivity index (χ2v) is 5.60. The predicted molar refractivity (Wildman–Crippen MR) is 79.7 cm³/mol. The number of rotatable bonds is 5. The van der Waals surface area contributed by atoms with Crippen LogP contribution in [0.25, 0.3) is 11.4 Å². The molecule has 118 valence electrons. The number of piperidine rings is 1. The number of aryl methyl sites for hydroxylation is 1. The number of benzene rings is 1. The highest BCUT2D eigenvalue weighted by Crippen LogP contribution is 2.17. The highest BCUT2D eigenvalue weighted by Gasteiger charge is 2.16. The maximum atomic E-state index is 12.2. The highest BCUT2D eigenvalue weighted by atomic mass is 19.1. The number of hydrogen-bond acceptors (Lipinski definition) is 5. The first-order valence-electron chi connectivity index (χ1n) is 7.58. The van der Waals surface area contributed by atoms with Crippen LogP contribution in [0.4, 0.5) is 4.39 Å². The quantitative estimate of drug-likeness (QED) is 0.901. The topological polar surface area (TPSA) is 67.1 Å². The van der Waals surface area contributed by atoms with Gasteiger partial charge >= 0.3 is 0 Å². The molecule has 1 N–H and O–H groups in total. The van der Waals surface area contributed by atoms with E-state index in [1.165, 1.54) is 10.4 Å². The van der Waals surface area contributed by atoms with Crippen molar-refractivity contribution in [2.75, 3.05) is 19.8 Å². The highest BCUT2D eigenvalue weighted by molar-refractivity contribution is 5.54. The van der Waals surface area contributed by atoms with Gasteiger partial charge in [-0.05, 0) is 23.6 Å². The van der Waals surface area contributed by atoms with Gasteiger partial charge in [-0.1, -0.05) is 24.3 Å². The van der Waals surface area contributed by atoms with Crippen LogP contribution in [-0.4, -0.2) is 56.1 Å². The van der Waals surface area contributed by atoms with Crippen molar-refractivity contribution in [2.45, 2.75) is 32.0 Å². The summed E-state index contributed by atoms with van der Waals surface area (Å²) in [5, 5.41) is 21.4. The first kappa shape index (κ1) is 15.1. The molecule has 22 heavy (non-hydrogen) atoms. The van der Waals surface area contributed by atoms with E-state index in [0.717, 1.165) is 38.0 Å². The zero-order chi connectivity index (χ0) is 15.4. The number of aliphatic hydroxyl groups excluding tert-OH is 1. The van der Waals surface area contributed by atoms with Gasteiger partial charge in [-0.3, -0.25) is 4.90 Å². The van der Waals surface area contributed by atoms with Crippen molar-refractivity contribution in [3.8, 4) is 11.4 Å². The van der Waals surface area contributed by atoms with Gasteiger partial charge < -0.3 is 5.11 Å². The van der Waals surface area contributed by atoms with Crippen LogP contribution < -0.4 is 0 Å². The third-order valence-electron chi connectivity index (χ3n) is 3.91. The summed E-state index contributed by atoms with van der Waals surface area (Å²) in [7, 11) is 0. The van der Waals surface area contributed by atoms with E-state index in [-0.39, 0.29) is 12.6 Å². The molecule has 1 fully saturated rings. The van der Waals surface area contributed by atoms with Gasteiger partial charge in [-0.2, -0.15) is 4.80 Å². The summed E-state index contributed by atoms with van der Waals surface area (Å²) in [4.78, 5) is 3.61. The Morgan fingerprint density at radius 2 is 1.91 bits per heavy atom. The molecule has 0 radical (unpaired) electrons. The summed E-state index contributed by atoms with van der Waals surface area (Å²) in [5.41, 5.74) is 2.10. The van der Waals surface area contributed by atoms with E-state index < -0.39 is 6.67 Å². The zero-order valence-corrected chi connectivity index (χ0v) is 12.4. The molecule has 3 rings (SSSR count). The van der Waals surface area contributed by atoms with Crippen LogP contribution in [0.2, 0.25) is 0 Å². The maximum Gasteiger partial charge on any atom is 0.204 e. The van der Waals surface area contributed by atoms with Gasteiger partial charge in [0.05, 0.1) is 12.6 Å². The molecule has 1 saturated heterocycles. The SMILES string of the molecule is OC1CCN(Cc2ccc(-c3nnn(CCF)n3)cc2)CC1. The fourth-order valence-corrected chi connectivity index (χ4v) is 2.62. The second kappa shape index (κ2) is 6.93. The van der Waals surface area contributed by atoms with Crippen LogP contribution in [-0.2, 0) is 13.1 Å². The van der Waals surface area contributed by atoms with E-state index in [2.05, 4.69) is 32.4 Å². The van der Waals surface area contributed by atoms with Gasteiger partial charge in [0.15, 0.2) is 0 Å². The Labute approximate surface area is 128 Å². The minimum absolute atomic E-state index is 0.131. The minimum atomic E-state index is -0.501. The molecule has 2 aromatic rings. The fraction of sp³-hybridized carbons (Fsp3) is 0.533. The molecule has 1 aromatic carbocycles. The third-order valence-corrected chi connectivity index (χ3v) is 3.91. The van der Waals surface area contributed by atoms with Crippen LogP contribution in [0.1, 0.15) is 18.4 Å². The first-order chi connectivity index (χ1) is 10.7. The van der Waals surface area contributed by atoms with E-state index in [0.29, 0.717) is 5.82 Å². The number of likely N-dealkylation sites (tertiary alicyclic amines) is 1. The van der Waals surface area contributed by atoms with Crippen molar-refractivity contribution in [1.82, 2.24) is 25.1 Å². The smallest absolute Gasteiger partial charge is 0.204 e. The van der Waals surface area contributed by atoms with E-state index >= 15 is 0 Å². The molecule has 0 amide bonds. The van der Waals surface area contributed by atoms with Crippen LogP contribution in [0.15, 0.2) is 24.3 Å². The molecule has 6 nitrogen and oxygen atoms in total. The summed E-state index contributed by atoms with van der Waals surface area (Å²) < 4.78 is 12.2. The molecule has 0 spiro atoms. The fourth-order valence-electron chi connectivity index (χ4n) is 2.62. The minimum Gasteiger partial charge on any atom is -0.393 e. The molecule has 0 bridgehead atoms. The molecule has 2 heterocycles. The molecule has 0 saturated carbocycles. The van der Waals surface area contributed by atoms with Gasteiger partial charge in [0, 0.05) is 25.2 Å². The van der Waals surface area contributed by atoms with Crippen molar-refractivity contribution in [3.63, 3.8) is 0 Å². The molecule has 1 aliphatic rings. The molecule has 0 unspecified atom stereocenters. The lowest BCUT2D eigenvalue weighted by Gasteiger charge is -2.29. The molecule has 0 atom stereocenters. The normalized spacial score (nSPS) is 17.0. The van der Waals surface area contributed by atoms with Gasteiger partial charge in [-0.25, -0.2) is 4.39 Å². The van der Waals surface area contributed by atoms with Crippen molar-refractivity contribution in [1.29, 1.82) is 0 Å². The number of aromatic nitrogens is 4. The Morgan fingerprint density at radius 3 is 2.59 bits per heavy atom. The lowest BCUT2D eigenvalue weighted by Crippen LogP contribution is -2.35. The monoisotopic (exact) mass is 305 g/mol. The number of halogens is 1. The molecule has 7 heteroatoms. The summed E-state index contributed by atoms with van der Waals surface area (Å²) in [6.07, 6.45) is 1.55. The standard InChI is InChI=1S/C15H20FN5O/c16-7-10-21-18-15(17-19-21)13-3-1-12(2-4-13)11-20-8-5-14(22)6-9-20/h1-4,14,22H,5-11H2. The lowest BCUT2D eigenvalue weighted by atomic mass is 10.1. The Bertz CT molecular complexity index is 592. The van der Waals surface area contributed by atoms with Gasteiger partial charge in [0.2, 0.25) is 5.82 Å². The van der Waals surface area contributed by atoms with Crippen LogP contribution >= 0.6 is 0 Å². The molecular formula is C15H20FN5O. The Kier molecular flexibility index (Phi) is 4.74. The first-order valence-corrected chi connectivity index (χ1v) is 7.58. The Morgan fingerprint density at radius 1 is 1.18 bits per heavy atom. The number of hydrogen-bond donors (Lipinski definition) is 1. The average Bonchev–Trinajstić information content (AvgIpc) is 2.99. The summed E-state index contributed by atoms with van der Waals surface area (Å²) >= 11 is 0. The average molecular weight is 305 g/mol. The number of alkyl halides is 1. The van der Waals surface area contributed by atoms with Crippen molar-refractivity contribution < 1.29 is 9.50 Å². The molecule has 0 aliphatic carbocycles. The van der Waals surface area contributed by atoms with Crippen molar-refractivity contribution in [3.05, 3.63) is 29.8 Å².